The predicted octanol–water partition coefficient (Wildman–Crippen LogP) is 11.7. The van der Waals surface area contributed by atoms with Crippen LogP contribution in [0.2, 0.25) is 0 Å². The lowest BCUT2D eigenvalue weighted by molar-refractivity contribution is 0.568. The summed E-state index contributed by atoms with van der Waals surface area (Å²) in [7, 11) is 0. The maximum absolute atomic E-state index is 4.50. The van der Waals surface area contributed by atoms with Crippen LogP contribution in [-0.2, 0) is 16.2 Å². The highest BCUT2D eigenvalue weighted by Crippen LogP contribution is 2.31. The molecule has 3 heterocycles. The lowest BCUT2D eigenvalue weighted by atomic mass is 9.92. The molecule has 0 aliphatic heterocycles. The number of rotatable bonds is 0. The molecule has 0 aliphatic carbocycles. The molecule has 3 nitrogen and oxygen atoms in total. The number of thiazole rings is 3. The minimum Gasteiger partial charge on any atom is -0.247 e. The number of hydrogen-bond acceptors (Lipinski definition) is 6. The summed E-state index contributed by atoms with van der Waals surface area (Å²) >= 11 is 5.41. The monoisotopic (exact) mass is 571 g/mol. The molecule has 3 aromatic heterocycles. The zero-order valence-electron chi connectivity index (χ0n) is 23.6. The molecule has 3 rings (SSSR count). The molecule has 0 spiro atoms. The van der Waals surface area contributed by atoms with E-state index in [0.717, 1.165) is 0 Å². The molecule has 0 aromatic carbocycles. The first-order valence-corrected chi connectivity index (χ1v) is 14.0. The Labute approximate surface area is 244 Å². The van der Waals surface area contributed by atoms with Crippen LogP contribution >= 0.6 is 34.0 Å². The van der Waals surface area contributed by atoms with Gasteiger partial charge in [0.25, 0.3) is 0 Å². The molecule has 37 heavy (non-hydrogen) atoms. The third-order valence-electron chi connectivity index (χ3n) is 4.87. The van der Waals surface area contributed by atoms with Gasteiger partial charge in [0, 0.05) is 25.5 Å². The highest BCUT2D eigenvalue weighted by atomic mass is 32.1. The van der Waals surface area contributed by atoms with Crippen molar-refractivity contribution in [3.05, 3.63) is 46.7 Å². The predicted molar refractivity (Wildman–Crippen MR) is 178 cm³/mol. The minimum atomic E-state index is 0. The summed E-state index contributed by atoms with van der Waals surface area (Å²) in [5.74, 6) is 0. The van der Waals surface area contributed by atoms with Crippen LogP contribution in [-0.4, -0.2) is 15.0 Å². The van der Waals surface area contributed by atoms with Crippen molar-refractivity contribution in [1.29, 1.82) is 0 Å². The molecule has 0 fully saturated rings. The van der Waals surface area contributed by atoms with Crippen LogP contribution in [0.25, 0.3) is 0 Å². The Balaban J connectivity index is -0.000000209. The summed E-state index contributed by atoms with van der Waals surface area (Å²) in [6.07, 6.45) is 0. The Morgan fingerprint density at radius 1 is 0.459 bits per heavy atom. The summed E-state index contributed by atoms with van der Waals surface area (Å²) in [5, 5.41) is 3.59. The molecular formula is C31H61N3S3. The summed E-state index contributed by atoms with van der Waals surface area (Å²) < 4.78 is 0. The first-order chi connectivity index (χ1) is 14.7. The van der Waals surface area contributed by atoms with E-state index in [1.807, 2.05) is 22.7 Å². The topological polar surface area (TPSA) is 38.7 Å². The zero-order valence-corrected chi connectivity index (χ0v) is 26.0. The van der Waals surface area contributed by atoms with Crippen LogP contribution in [0.5, 0.6) is 0 Å². The molecule has 0 aliphatic rings. The normalized spacial score (nSPS) is 10.8. The molecular weight excluding hydrogens is 511 g/mol. The van der Waals surface area contributed by atoms with E-state index < -0.39 is 0 Å². The minimum absolute atomic E-state index is 0. The fraction of sp³-hybridized carbons (Fsp3) is 0.710. The molecule has 0 amide bonds. The van der Waals surface area contributed by atoms with Gasteiger partial charge in [0.15, 0.2) is 0 Å². The van der Waals surface area contributed by atoms with E-state index in [4.69, 9.17) is 0 Å². The van der Waals surface area contributed by atoms with E-state index in [-0.39, 0.29) is 46.0 Å². The van der Waals surface area contributed by atoms with Gasteiger partial charge >= 0.3 is 0 Å². The fourth-order valence-electron chi connectivity index (χ4n) is 3.25. The van der Waals surface area contributed by atoms with Crippen molar-refractivity contribution in [3.63, 3.8) is 0 Å². The molecule has 0 bridgehead atoms. The van der Waals surface area contributed by atoms with Crippen LogP contribution in [0.1, 0.15) is 139 Å². The van der Waals surface area contributed by atoms with Crippen LogP contribution in [0.3, 0.4) is 0 Å². The van der Waals surface area contributed by atoms with Crippen LogP contribution in [0.4, 0.5) is 0 Å². The lowest BCUT2D eigenvalue weighted by Gasteiger charge is -2.16. The van der Waals surface area contributed by atoms with Crippen LogP contribution < -0.4 is 0 Å². The van der Waals surface area contributed by atoms with Crippen molar-refractivity contribution >= 4 is 34.0 Å². The maximum atomic E-state index is 4.50. The van der Waals surface area contributed by atoms with Crippen molar-refractivity contribution in [3.8, 4) is 0 Å². The third kappa shape index (κ3) is 13.5. The Bertz CT molecular complexity index is 958. The Morgan fingerprint density at radius 3 is 1.08 bits per heavy atom. The average molecular weight is 572 g/mol. The summed E-state index contributed by atoms with van der Waals surface area (Å²) in [5.41, 5.74) is 4.30. The summed E-state index contributed by atoms with van der Waals surface area (Å²) in [4.78, 5) is 17.5. The van der Waals surface area contributed by atoms with Crippen molar-refractivity contribution in [1.82, 2.24) is 15.0 Å². The van der Waals surface area contributed by atoms with Gasteiger partial charge in [0.1, 0.15) is 0 Å². The quantitative estimate of drug-likeness (QED) is 0.269. The van der Waals surface area contributed by atoms with E-state index in [1.165, 1.54) is 46.7 Å². The molecule has 0 unspecified atom stereocenters. The molecule has 218 valence electrons. The first kappa shape index (κ1) is 43.0. The van der Waals surface area contributed by atoms with Crippen LogP contribution in [0.15, 0.2) is 0 Å². The Hall–Kier alpha value is -1.11. The van der Waals surface area contributed by atoms with Gasteiger partial charge in [-0.15, -0.1) is 34.0 Å². The lowest BCUT2D eigenvalue weighted by Crippen LogP contribution is -2.12. The van der Waals surface area contributed by atoms with Gasteiger partial charge < -0.3 is 0 Å². The molecule has 3 aromatic rings. The van der Waals surface area contributed by atoms with Gasteiger partial charge in [-0.1, -0.05) is 92.0 Å². The SMILES string of the molecule is C.C.C.C.Cc1nc(C(C)(C)C)c(C)s1.Cc1nc(C(C)(C)C)sc1C.Cc1nc(C)c(C(C)(C)C)s1. The number of aromatic nitrogens is 3. The summed E-state index contributed by atoms with van der Waals surface area (Å²) in [6.45, 7) is 32.4. The van der Waals surface area contributed by atoms with Crippen molar-refractivity contribution < 1.29 is 0 Å². The number of hydrogen-bond donors (Lipinski definition) is 0. The fourth-order valence-corrected chi connectivity index (χ4v) is 6.22. The highest BCUT2D eigenvalue weighted by Gasteiger charge is 2.20. The van der Waals surface area contributed by atoms with Crippen molar-refractivity contribution in [2.24, 2.45) is 0 Å². The molecule has 0 N–H and O–H groups in total. The van der Waals surface area contributed by atoms with E-state index in [1.54, 1.807) is 11.3 Å². The second-order valence-electron chi connectivity index (χ2n) is 11.7. The Morgan fingerprint density at radius 2 is 0.919 bits per heavy atom. The van der Waals surface area contributed by atoms with Gasteiger partial charge in [-0.2, -0.15) is 0 Å². The average Bonchev–Trinajstić information content (AvgIpc) is 3.25. The number of nitrogens with zero attached hydrogens (tertiary/aromatic N) is 3. The number of aryl methyl sites for hydroxylation is 6. The third-order valence-corrected chi connectivity index (χ3v) is 8.75. The van der Waals surface area contributed by atoms with Gasteiger partial charge in [0.2, 0.25) is 0 Å². The van der Waals surface area contributed by atoms with E-state index in [0.29, 0.717) is 0 Å². The smallest absolute Gasteiger partial charge is 0.0984 e. The zero-order chi connectivity index (χ0) is 25.9. The summed E-state index contributed by atoms with van der Waals surface area (Å²) in [6, 6.07) is 0. The van der Waals surface area contributed by atoms with E-state index >= 15 is 0 Å². The van der Waals surface area contributed by atoms with Gasteiger partial charge in [-0.05, 0) is 47.0 Å². The Kier molecular flexibility index (Phi) is 18.7. The van der Waals surface area contributed by atoms with Gasteiger partial charge in [-0.3, -0.25) is 0 Å². The van der Waals surface area contributed by atoms with Gasteiger partial charge in [0.05, 0.1) is 32.1 Å². The highest BCUT2D eigenvalue weighted by molar-refractivity contribution is 7.12. The largest absolute Gasteiger partial charge is 0.247 e. The van der Waals surface area contributed by atoms with Crippen molar-refractivity contribution in [2.75, 3.05) is 0 Å². The first-order valence-electron chi connectivity index (χ1n) is 11.6. The van der Waals surface area contributed by atoms with Crippen molar-refractivity contribution in [2.45, 2.75) is 150 Å². The molecule has 0 saturated heterocycles. The molecule has 0 saturated carbocycles. The second kappa shape index (κ2) is 16.1. The molecule has 0 atom stereocenters. The maximum Gasteiger partial charge on any atom is 0.0984 e. The van der Waals surface area contributed by atoms with E-state index in [2.05, 4.69) is 119 Å². The molecule has 0 radical (unpaired) electrons. The molecule has 6 heteroatoms. The van der Waals surface area contributed by atoms with E-state index in [9.17, 15) is 0 Å². The van der Waals surface area contributed by atoms with Crippen LogP contribution in [0, 0.1) is 41.5 Å². The standard InChI is InChI=1S/3C9H15NS.4CH4/c1-6-8(9(3,4)5)10-7(2)11-6;1-6-8(9(3,4)5)11-7(2)10-6;1-6-7(2)11-8(10-6)9(3,4)5;;;;/h3*1-5H3;4*1H4. The second-order valence-corrected chi connectivity index (χ2v) is 15.5. The van der Waals surface area contributed by atoms with Gasteiger partial charge in [-0.25, -0.2) is 15.0 Å².